The number of aliphatic hydroxyl groups is 1. The molecule has 3 heterocycles. The number of likely N-dealkylation sites (N-methyl/N-ethyl adjacent to an activating group) is 1. The van der Waals surface area contributed by atoms with E-state index in [0.717, 1.165) is 22.2 Å². The van der Waals surface area contributed by atoms with Crippen LogP contribution in [0.4, 0.5) is 10.1 Å². The minimum absolute atomic E-state index is 0.125. The summed E-state index contributed by atoms with van der Waals surface area (Å²) in [6.45, 7) is 0.162. The Morgan fingerprint density at radius 1 is 1.29 bits per heavy atom. The van der Waals surface area contributed by atoms with Gasteiger partial charge in [-0.3, -0.25) is 4.79 Å². The third kappa shape index (κ3) is 4.20. The standard InChI is InChI=1S/C24H23ClFN5O2S/c1-31(2)12-20(32)29-17-5-4-13(8-16(17)26)18-9-14-21(15(25)10-27-22(14)30-18)19-11-28-23(34-19)24(33)6-3-7-24/h4-5,8-11,33H,3,6-7,12H2,1-2H3,(H,27,30)(H,29,32). The molecule has 1 amide bonds. The van der Waals surface area contributed by atoms with Crippen LogP contribution in [0, 0.1) is 5.82 Å². The molecule has 10 heteroatoms. The zero-order valence-electron chi connectivity index (χ0n) is 18.7. The van der Waals surface area contributed by atoms with E-state index in [-0.39, 0.29) is 18.1 Å². The van der Waals surface area contributed by atoms with Crippen LogP contribution in [0.5, 0.6) is 0 Å². The summed E-state index contributed by atoms with van der Waals surface area (Å²) in [6, 6.07) is 6.52. The number of pyridine rings is 1. The number of rotatable bonds is 6. The van der Waals surface area contributed by atoms with E-state index in [1.807, 2.05) is 6.07 Å². The first kappa shape index (κ1) is 22.9. The van der Waals surface area contributed by atoms with Gasteiger partial charge < -0.3 is 20.3 Å². The first-order valence-electron chi connectivity index (χ1n) is 10.8. The van der Waals surface area contributed by atoms with Crippen LogP contribution in [0.3, 0.4) is 0 Å². The lowest BCUT2D eigenvalue weighted by Crippen LogP contribution is -2.33. The van der Waals surface area contributed by atoms with E-state index in [2.05, 4.69) is 20.3 Å². The van der Waals surface area contributed by atoms with Gasteiger partial charge in [0, 0.05) is 34.6 Å². The Kier molecular flexibility index (Phi) is 5.89. The highest BCUT2D eigenvalue weighted by molar-refractivity contribution is 7.15. The minimum Gasteiger partial charge on any atom is -0.383 e. The van der Waals surface area contributed by atoms with E-state index in [4.69, 9.17) is 11.6 Å². The summed E-state index contributed by atoms with van der Waals surface area (Å²) in [7, 11) is 3.54. The van der Waals surface area contributed by atoms with Gasteiger partial charge in [0.15, 0.2) is 0 Å². The molecule has 1 aliphatic carbocycles. The second-order valence-corrected chi connectivity index (χ2v) is 10.3. The predicted octanol–water partition coefficient (Wildman–Crippen LogP) is 5.02. The number of aromatic amines is 1. The molecule has 4 aromatic rings. The van der Waals surface area contributed by atoms with Gasteiger partial charge in [0.2, 0.25) is 5.91 Å². The molecule has 3 N–H and O–H groups in total. The van der Waals surface area contributed by atoms with Crippen LogP contribution >= 0.6 is 22.9 Å². The fourth-order valence-electron chi connectivity index (χ4n) is 4.05. The molecule has 7 nitrogen and oxygen atoms in total. The summed E-state index contributed by atoms with van der Waals surface area (Å²) in [4.78, 5) is 26.6. The highest BCUT2D eigenvalue weighted by Crippen LogP contribution is 2.46. The first-order chi connectivity index (χ1) is 16.2. The van der Waals surface area contributed by atoms with E-state index in [1.54, 1.807) is 43.5 Å². The number of hydrogen-bond donors (Lipinski definition) is 3. The number of thiazole rings is 1. The second kappa shape index (κ2) is 8.74. The number of amides is 1. The Balaban J connectivity index is 1.48. The maximum absolute atomic E-state index is 14.7. The zero-order valence-corrected chi connectivity index (χ0v) is 20.2. The Labute approximate surface area is 204 Å². The SMILES string of the molecule is CN(C)CC(=O)Nc1ccc(-c2cc3c(-c4cnc(C5(O)CCC5)s4)c(Cl)cnc3[nH]2)cc1F. The van der Waals surface area contributed by atoms with Gasteiger partial charge in [-0.25, -0.2) is 14.4 Å². The highest BCUT2D eigenvalue weighted by Gasteiger charge is 2.39. The Hall–Kier alpha value is -2.85. The van der Waals surface area contributed by atoms with Crippen molar-refractivity contribution in [1.29, 1.82) is 0 Å². The van der Waals surface area contributed by atoms with Crippen LogP contribution in [0.1, 0.15) is 24.3 Å². The summed E-state index contributed by atoms with van der Waals surface area (Å²) >= 11 is 7.96. The lowest BCUT2D eigenvalue weighted by atomic mass is 9.81. The van der Waals surface area contributed by atoms with Gasteiger partial charge in [-0.1, -0.05) is 17.7 Å². The van der Waals surface area contributed by atoms with E-state index < -0.39 is 11.4 Å². The quantitative estimate of drug-likeness (QED) is 0.346. The van der Waals surface area contributed by atoms with Crippen LogP contribution in [-0.2, 0) is 10.4 Å². The van der Waals surface area contributed by atoms with E-state index in [9.17, 15) is 14.3 Å². The summed E-state index contributed by atoms with van der Waals surface area (Å²) in [5, 5.41) is 15.2. The fraction of sp³-hybridized carbons (Fsp3) is 0.292. The topological polar surface area (TPSA) is 94.1 Å². The summed E-state index contributed by atoms with van der Waals surface area (Å²) in [6.07, 6.45) is 5.72. The van der Waals surface area contributed by atoms with Gasteiger partial charge in [0.1, 0.15) is 22.1 Å². The monoisotopic (exact) mass is 499 g/mol. The predicted molar refractivity (Wildman–Crippen MR) is 133 cm³/mol. The van der Waals surface area contributed by atoms with Crippen molar-refractivity contribution in [2.24, 2.45) is 0 Å². The molecule has 0 unspecified atom stereocenters. The molecule has 1 aliphatic rings. The number of aromatic nitrogens is 3. The van der Waals surface area contributed by atoms with Crippen LogP contribution in [0.25, 0.3) is 32.7 Å². The fourth-order valence-corrected chi connectivity index (χ4v) is 5.49. The van der Waals surface area contributed by atoms with E-state index in [0.29, 0.717) is 39.8 Å². The molecule has 1 fully saturated rings. The van der Waals surface area contributed by atoms with Gasteiger partial charge >= 0.3 is 0 Å². The normalized spacial score (nSPS) is 15.0. The number of carbonyl (C=O) groups is 1. The van der Waals surface area contributed by atoms with Crippen molar-refractivity contribution in [2.75, 3.05) is 26.0 Å². The molecule has 0 spiro atoms. The molecular weight excluding hydrogens is 477 g/mol. The molecule has 1 saturated carbocycles. The molecule has 0 bridgehead atoms. The highest BCUT2D eigenvalue weighted by atomic mass is 35.5. The average Bonchev–Trinajstić information content (AvgIpc) is 3.40. The van der Waals surface area contributed by atoms with Crippen LogP contribution in [0.15, 0.2) is 36.7 Å². The number of H-pyrrole nitrogens is 1. The maximum atomic E-state index is 14.7. The minimum atomic E-state index is -0.841. The number of benzene rings is 1. The van der Waals surface area contributed by atoms with Gasteiger partial charge in [0.05, 0.1) is 22.1 Å². The summed E-state index contributed by atoms with van der Waals surface area (Å²) in [5.41, 5.74) is 1.94. The van der Waals surface area contributed by atoms with Gasteiger partial charge in [-0.2, -0.15) is 0 Å². The van der Waals surface area contributed by atoms with Crippen molar-refractivity contribution in [3.63, 3.8) is 0 Å². The first-order valence-corrected chi connectivity index (χ1v) is 12.0. The smallest absolute Gasteiger partial charge is 0.238 e. The molecule has 0 atom stereocenters. The van der Waals surface area contributed by atoms with Crippen molar-refractivity contribution >= 4 is 45.6 Å². The summed E-state index contributed by atoms with van der Waals surface area (Å²) in [5.74, 6) is -0.823. The molecular formula is C24H23ClFN5O2S. The molecule has 0 aliphatic heterocycles. The number of anilines is 1. The number of carbonyl (C=O) groups excluding carboxylic acids is 1. The van der Waals surface area contributed by atoms with Crippen LogP contribution in [0.2, 0.25) is 5.02 Å². The molecule has 3 aromatic heterocycles. The van der Waals surface area contributed by atoms with Crippen molar-refractivity contribution in [3.8, 4) is 21.7 Å². The Morgan fingerprint density at radius 2 is 2.09 bits per heavy atom. The third-order valence-corrected chi connectivity index (χ3v) is 7.45. The van der Waals surface area contributed by atoms with Crippen LogP contribution in [-0.4, -0.2) is 51.5 Å². The van der Waals surface area contributed by atoms with Crippen molar-refractivity contribution in [1.82, 2.24) is 19.9 Å². The van der Waals surface area contributed by atoms with E-state index in [1.165, 1.54) is 17.4 Å². The largest absolute Gasteiger partial charge is 0.383 e. The molecule has 34 heavy (non-hydrogen) atoms. The average molecular weight is 500 g/mol. The number of hydrogen-bond acceptors (Lipinski definition) is 6. The van der Waals surface area contributed by atoms with Crippen molar-refractivity contribution < 1.29 is 14.3 Å². The van der Waals surface area contributed by atoms with Crippen molar-refractivity contribution in [2.45, 2.75) is 24.9 Å². The second-order valence-electron chi connectivity index (χ2n) is 8.82. The van der Waals surface area contributed by atoms with Gasteiger partial charge in [-0.15, -0.1) is 11.3 Å². The number of halogens is 2. The number of nitrogens with one attached hydrogen (secondary N) is 2. The van der Waals surface area contributed by atoms with Crippen molar-refractivity contribution in [3.05, 3.63) is 52.5 Å². The molecule has 0 radical (unpaired) electrons. The lowest BCUT2D eigenvalue weighted by Gasteiger charge is -2.34. The molecule has 1 aromatic carbocycles. The van der Waals surface area contributed by atoms with Gasteiger partial charge in [0.25, 0.3) is 0 Å². The zero-order chi connectivity index (χ0) is 24.0. The molecule has 176 valence electrons. The number of fused-ring (bicyclic) bond motifs is 1. The molecule has 0 saturated heterocycles. The van der Waals surface area contributed by atoms with Crippen LogP contribution < -0.4 is 5.32 Å². The number of nitrogens with zero attached hydrogens (tertiary/aromatic N) is 3. The molecule has 5 rings (SSSR count). The lowest BCUT2D eigenvalue weighted by molar-refractivity contribution is -0.116. The Morgan fingerprint density at radius 3 is 2.76 bits per heavy atom. The van der Waals surface area contributed by atoms with E-state index >= 15 is 0 Å². The Bertz CT molecular complexity index is 1400. The van der Waals surface area contributed by atoms with Gasteiger partial charge in [-0.05, 0) is 51.6 Å². The summed E-state index contributed by atoms with van der Waals surface area (Å²) < 4.78 is 14.7. The maximum Gasteiger partial charge on any atom is 0.238 e. The third-order valence-electron chi connectivity index (χ3n) is 5.96.